The summed E-state index contributed by atoms with van der Waals surface area (Å²) in [4.78, 5) is 15.2. The van der Waals surface area contributed by atoms with Crippen LogP contribution in [0.3, 0.4) is 0 Å². The van der Waals surface area contributed by atoms with E-state index < -0.39 is 0 Å². The molecule has 0 aromatic heterocycles. The number of para-hydroxylation sites is 1. The molecule has 1 heterocycles. The number of piperidine rings is 1. The van der Waals surface area contributed by atoms with E-state index in [1.54, 1.807) is 0 Å². The molecule has 26 heavy (non-hydrogen) atoms. The number of benzene rings is 2. The maximum Gasteiger partial charge on any atom is 0.227 e. The molecule has 2 aromatic carbocycles. The Hall–Kier alpha value is -1.84. The molecule has 1 aliphatic rings. The molecule has 0 unspecified atom stereocenters. The molecule has 1 saturated heterocycles. The third-order valence-electron chi connectivity index (χ3n) is 5.24. The lowest BCUT2D eigenvalue weighted by Crippen LogP contribution is -2.37. The minimum Gasteiger partial charge on any atom is -0.325 e. The van der Waals surface area contributed by atoms with E-state index in [4.69, 9.17) is 11.6 Å². The highest BCUT2D eigenvalue weighted by atomic mass is 35.5. The van der Waals surface area contributed by atoms with Crippen LogP contribution in [0.5, 0.6) is 0 Å². The van der Waals surface area contributed by atoms with Gasteiger partial charge in [-0.25, -0.2) is 0 Å². The number of carbonyl (C=O) groups is 1. The summed E-state index contributed by atoms with van der Waals surface area (Å²) in [6, 6.07) is 14.2. The van der Waals surface area contributed by atoms with Crippen molar-refractivity contribution in [2.45, 2.75) is 39.7 Å². The first-order valence-corrected chi connectivity index (χ1v) is 9.80. The van der Waals surface area contributed by atoms with Crippen molar-refractivity contribution in [3.63, 3.8) is 0 Å². The summed E-state index contributed by atoms with van der Waals surface area (Å²) in [5.41, 5.74) is 4.57. The number of amides is 1. The molecular formula is C22H27ClN2O. The number of nitrogens with zero attached hydrogens (tertiary/aromatic N) is 1. The second-order valence-corrected chi connectivity index (χ2v) is 7.57. The number of halogens is 1. The Bertz CT molecular complexity index is 766. The SMILES string of the molecule is CCc1cccc(C)c1NC(=O)C1CCN(Cc2cccc(Cl)c2)CC1. The third-order valence-corrected chi connectivity index (χ3v) is 5.48. The topological polar surface area (TPSA) is 32.3 Å². The molecule has 1 aliphatic heterocycles. The van der Waals surface area contributed by atoms with Gasteiger partial charge in [0, 0.05) is 23.2 Å². The van der Waals surface area contributed by atoms with E-state index in [9.17, 15) is 4.79 Å². The average Bonchev–Trinajstić information content (AvgIpc) is 2.64. The Morgan fingerprint density at radius 1 is 1.19 bits per heavy atom. The number of hydrogen-bond donors (Lipinski definition) is 1. The van der Waals surface area contributed by atoms with Crippen LogP contribution >= 0.6 is 11.6 Å². The van der Waals surface area contributed by atoms with Crippen LogP contribution in [0.2, 0.25) is 5.02 Å². The van der Waals surface area contributed by atoms with Crippen molar-refractivity contribution in [2.24, 2.45) is 5.92 Å². The monoisotopic (exact) mass is 370 g/mol. The van der Waals surface area contributed by atoms with Crippen molar-refractivity contribution in [3.05, 3.63) is 64.2 Å². The summed E-state index contributed by atoms with van der Waals surface area (Å²) >= 11 is 6.07. The second kappa shape index (κ2) is 8.70. The second-order valence-electron chi connectivity index (χ2n) is 7.13. The Kier molecular flexibility index (Phi) is 6.33. The summed E-state index contributed by atoms with van der Waals surface area (Å²) in [6.07, 6.45) is 2.73. The maximum absolute atomic E-state index is 12.8. The lowest BCUT2D eigenvalue weighted by molar-refractivity contribution is -0.121. The first-order chi connectivity index (χ1) is 12.6. The molecule has 0 radical (unpaired) electrons. The van der Waals surface area contributed by atoms with Crippen molar-refractivity contribution < 1.29 is 4.79 Å². The molecule has 1 fully saturated rings. The molecule has 0 atom stereocenters. The van der Waals surface area contributed by atoms with Gasteiger partial charge in [-0.3, -0.25) is 9.69 Å². The van der Waals surface area contributed by atoms with Gasteiger partial charge in [0.2, 0.25) is 5.91 Å². The minimum atomic E-state index is 0.0925. The van der Waals surface area contributed by atoms with E-state index >= 15 is 0 Å². The highest BCUT2D eigenvalue weighted by molar-refractivity contribution is 6.30. The van der Waals surface area contributed by atoms with Crippen LogP contribution in [0.1, 0.15) is 36.5 Å². The lowest BCUT2D eigenvalue weighted by Gasteiger charge is -2.31. The maximum atomic E-state index is 12.8. The number of aryl methyl sites for hydroxylation is 2. The van der Waals surface area contributed by atoms with Gasteiger partial charge in [-0.1, -0.05) is 48.9 Å². The molecule has 0 spiro atoms. The van der Waals surface area contributed by atoms with Crippen LogP contribution in [0.25, 0.3) is 0 Å². The van der Waals surface area contributed by atoms with Gasteiger partial charge in [-0.15, -0.1) is 0 Å². The van der Waals surface area contributed by atoms with Gasteiger partial charge < -0.3 is 5.32 Å². The fraction of sp³-hybridized carbons (Fsp3) is 0.409. The predicted molar refractivity (Wildman–Crippen MR) is 109 cm³/mol. The predicted octanol–water partition coefficient (Wildman–Crippen LogP) is 5.06. The highest BCUT2D eigenvalue weighted by Crippen LogP contribution is 2.25. The summed E-state index contributed by atoms with van der Waals surface area (Å²) in [5, 5.41) is 3.98. The van der Waals surface area contributed by atoms with Gasteiger partial charge in [0.1, 0.15) is 0 Å². The zero-order valence-corrected chi connectivity index (χ0v) is 16.4. The van der Waals surface area contributed by atoms with E-state index in [0.717, 1.165) is 55.2 Å². The highest BCUT2D eigenvalue weighted by Gasteiger charge is 2.25. The number of rotatable bonds is 5. The molecule has 0 saturated carbocycles. The largest absolute Gasteiger partial charge is 0.325 e. The molecule has 1 amide bonds. The van der Waals surface area contributed by atoms with Gasteiger partial charge in [-0.05, 0) is 68.1 Å². The average molecular weight is 371 g/mol. The first-order valence-electron chi connectivity index (χ1n) is 9.43. The fourth-order valence-electron chi connectivity index (χ4n) is 3.67. The summed E-state index contributed by atoms with van der Waals surface area (Å²) < 4.78 is 0. The van der Waals surface area contributed by atoms with Gasteiger partial charge in [0.25, 0.3) is 0 Å². The zero-order valence-electron chi connectivity index (χ0n) is 15.6. The Balaban J connectivity index is 1.56. The molecule has 3 nitrogen and oxygen atoms in total. The van der Waals surface area contributed by atoms with Crippen molar-refractivity contribution in [3.8, 4) is 0 Å². The van der Waals surface area contributed by atoms with Gasteiger partial charge >= 0.3 is 0 Å². The zero-order chi connectivity index (χ0) is 18.5. The molecule has 0 bridgehead atoms. The van der Waals surface area contributed by atoms with Crippen LogP contribution in [0, 0.1) is 12.8 Å². The van der Waals surface area contributed by atoms with Crippen LogP contribution in [0.4, 0.5) is 5.69 Å². The number of anilines is 1. The van der Waals surface area contributed by atoms with E-state index in [2.05, 4.69) is 48.3 Å². The van der Waals surface area contributed by atoms with Crippen molar-refractivity contribution in [1.82, 2.24) is 4.90 Å². The van der Waals surface area contributed by atoms with Gasteiger partial charge in [0.05, 0.1) is 0 Å². The van der Waals surface area contributed by atoms with Crippen LogP contribution in [-0.2, 0) is 17.8 Å². The molecule has 1 N–H and O–H groups in total. The van der Waals surface area contributed by atoms with Crippen molar-refractivity contribution in [2.75, 3.05) is 18.4 Å². The van der Waals surface area contributed by atoms with Crippen LogP contribution in [0.15, 0.2) is 42.5 Å². The van der Waals surface area contributed by atoms with Crippen molar-refractivity contribution >= 4 is 23.2 Å². The van der Waals surface area contributed by atoms with E-state index in [1.807, 2.05) is 18.2 Å². The summed E-state index contributed by atoms with van der Waals surface area (Å²) in [7, 11) is 0. The molecular weight excluding hydrogens is 344 g/mol. The molecule has 0 aliphatic carbocycles. The van der Waals surface area contributed by atoms with E-state index in [0.29, 0.717) is 0 Å². The Labute approximate surface area is 161 Å². The van der Waals surface area contributed by atoms with Gasteiger partial charge in [0.15, 0.2) is 0 Å². The molecule has 138 valence electrons. The minimum absolute atomic E-state index is 0.0925. The smallest absolute Gasteiger partial charge is 0.227 e. The quantitative estimate of drug-likeness (QED) is 0.797. The van der Waals surface area contributed by atoms with Crippen molar-refractivity contribution in [1.29, 1.82) is 0 Å². The summed E-state index contributed by atoms with van der Waals surface area (Å²) in [6.45, 7) is 6.96. The standard InChI is InChI=1S/C22H27ClN2O/c1-3-18-8-4-6-16(2)21(18)24-22(26)19-10-12-25(13-11-19)15-17-7-5-9-20(23)14-17/h4-9,14,19H,3,10-13,15H2,1-2H3,(H,24,26). The lowest BCUT2D eigenvalue weighted by atomic mass is 9.95. The fourth-order valence-corrected chi connectivity index (χ4v) is 3.89. The van der Waals surface area contributed by atoms with E-state index in [-0.39, 0.29) is 11.8 Å². The Morgan fingerprint density at radius 3 is 2.62 bits per heavy atom. The first kappa shape index (κ1) is 18.9. The summed E-state index contributed by atoms with van der Waals surface area (Å²) in [5.74, 6) is 0.256. The normalized spacial score (nSPS) is 15.8. The third kappa shape index (κ3) is 4.66. The van der Waals surface area contributed by atoms with Crippen LogP contribution in [-0.4, -0.2) is 23.9 Å². The van der Waals surface area contributed by atoms with E-state index in [1.165, 1.54) is 11.1 Å². The molecule has 4 heteroatoms. The number of hydrogen-bond acceptors (Lipinski definition) is 2. The number of carbonyl (C=O) groups excluding carboxylic acids is 1. The van der Waals surface area contributed by atoms with Crippen LogP contribution < -0.4 is 5.32 Å². The Morgan fingerprint density at radius 2 is 1.92 bits per heavy atom. The number of nitrogens with one attached hydrogen (secondary N) is 1. The van der Waals surface area contributed by atoms with Gasteiger partial charge in [-0.2, -0.15) is 0 Å². The molecule has 2 aromatic rings. The number of likely N-dealkylation sites (tertiary alicyclic amines) is 1. The molecule has 3 rings (SSSR count).